The van der Waals surface area contributed by atoms with Crippen LogP contribution in [0.2, 0.25) is 0 Å². The van der Waals surface area contributed by atoms with Gasteiger partial charge in [-0.2, -0.15) is 0 Å². The molecular weight excluding hydrogens is 993 g/mol. The first-order valence-corrected chi connectivity index (χ1v) is 25.9. The van der Waals surface area contributed by atoms with Crippen LogP contribution in [0, 0.1) is 0 Å². The fourth-order valence-corrected chi connectivity index (χ4v) is 9.92. The molecule has 10 atom stereocenters. The van der Waals surface area contributed by atoms with Crippen LogP contribution in [0.15, 0.2) is 205 Å². The molecule has 0 unspecified atom stereocenters. The molecule has 2 amide bonds. The highest BCUT2D eigenvalue weighted by Crippen LogP contribution is 2.40. The Kier molecular flexibility index (Phi) is 18.3. The lowest BCUT2D eigenvalue weighted by Crippen LogP contribution is -2.69. The first kappa shape index (κ1) is 53.7. The average molecular weight is 1050 g/mol. The van der Waals surface area contributed by atoms with E-state index in [-0.39, 0.29) is 57.4 Å². The van der Waals surface area contributed by atoms with Crippen molar-refractivity contribution in [1.29, 1.82) is 0 Å². The van der Waals surface area contributed by atoms with Crippen LogP contribution in [0.5, 0.6) is 11.5 Å². The number of azide groups is 1. The average Bonchev–Trinajstić information content (AvgIpc) is 3.94. The van der Waals surface area contributed by atoms with E-state index in [1.165, 1.54) is 0 Å². The molecule has 78 heavy (non-hydrogen) atoms. The van der Waals surface area contributed by atoms with Crippen LogP contribution >= 0.6 is 0 Å². The van der Waals surface area contributed by atoms with E-state index in [0.29, 0.717) is 11.5 Å². The van der Waals surface area contributed by atoms with Crippen LogP contribution in [0.3, 0.4) is 0 Å². The highest BCUT2D eigenvalue weighted by Gasteiger charge is 2.58. The van der Waals surface area contributed by atoms with Crippen LogP contribution in [0.25, 0.3) is 10.4 Å². The second kappa shape index (κ2) is 26.6. The van der Waals surface area contributed by atoms with Crippen LogP contribution in [0.1, 0.15) is 48.5 Å². The van der Waals surface area contributed by atoms with E-state index in [2.05, 4.69) is 10.0 Å². The third-order valence-corrected chi connectivity index (χ3v) is 13.8. The van der Waals surface area contributed by atoms with E-state index >= 15 is 0 Å². The summed E-state index contributed by atoms with van der Waals surface area (Å²) >= 11 is 0. The molecule has 0 N–H and O–H groups in total. The standard InChI is InChI=1S/C62H60N4O12/c1-69-47-31-33-48(34-32-47)75-62-54(66-59(67)49-29-17-18-30-50(49)60(66)68)58(74-39-46-27-15-6-16-28-46)56(52(77-62)41-71-36-43-21-9-3-10-22-43)78-61-53(64-65-63)57(73-38-45-25-13-5-14-26-45)55(72-37-44-23-11-4-12-24-44)51(76-61)40-70-35-42-19-7-2-8-20-42/h2-34,51-58,61-62H,35-41H2,1H3/t51-,52-,53-,54-,55-,56-,57-,58-,61+,62-/m1/s1. The summed E-state index contributed by atoms with van der Waals surface area (Å²) in [6.45, 7) is 0.586. The minimum absolute atomic E-state index is 0.00263. The fourth-order valence-electron chi connectivity index (χ4n) is 9.92. The molecule has 2 fully saturated rings. The molecule has 7 aromatic rings. The zero-order chi connectivity index (χ0) is 53.5. The van der Waals surface area contributed by atoms with Gasteiger partial charge in [-0.05, 0) is 69.7 Å². The summed E-state index contributed by atoms with van der Waals surface area (Å²) < 4.78 is 67.3. The van der Waals surface area contributed by atoms with Gasteiger partial charge in [-0.3, -0.25) is 14.5 Å². The lowest BCUT2D eigenvalue weighted by molar-refractivity contribution is -0.339. The number of fused-ring (bicyclic) bond motifs is 1. The smallest absolute Gasteiger partial charge is 0.262 e. The molecule has 7 aromatic carbocycles. The van der Waals surface area contributed by atoms with Crippen molar-refractivity contribution in [3.63, 3.8) is 0 Å². The van der Waals surface area contributed by atoms with Crippen molar-refractivity contribution in [1.82, 2.24) is 4.90 Å². The first-order chi connectivity index (χ1) is 38.4. The molecule has 0 aromatic heterocycles. The number of methoxy groups -OCH3 is 1. The van der Waals surface area contributed by atoms with Crippen molar-refractivity contribution in [2.75, 3.05) is 20.3 Å². The van der Waals surface area contributed by atoms with Crippen molar-refractivity contribution < 1.29 is 57.0 Å². The zero-order valence-corrected chi connectivity index (χ0v) is 43.0. The molecule has 0 radical (unpaired) electrons. The van der Waals surface area contributed by atoms with E-state index < -0.39 is 73.1 Å². The minimum Gasteiger partial charge on any atom is -0.497 e. The van der Waals surface area contributed by atoms with Gasteiger partial charge in [0, 0.05) is 4.91 Å². The molecule has 3 aliphatic heterocycles. The van der Waals surface area contributed by atoms with E-state index in [9.17, 15) is 15.1 Å². The molecule has 10 rings (SSSR count). The van der Waals surface area contributed by atoms with Crippen LogP contribution in [0.4, 0.5) is 0 Å². The minimum atomic E-state index is -1.42. The SMILES string of the molecule is COc1ccc(O[C@@H]2O[C@H](COCc3ccccc3)[C@@H](O[C@@H]3O[C@H](COCc4ccccc4)[C@@H](OCc4ccccc4)[C@H](OCc4ccccc4)[C@H]3N=[N+]=[N-])[C@H](OCc3ccccc3)[C@H]2N2C(=O)c3ccccc3C2=O)cc1. The molecule has 0 spiro atoms. The van der Waals surface area contributed by atoms with E-state index in [1.54, 1.807) is 55.6 Å². The Hall–Kier alpha value is -7.73. The summed E-state index contributed by atoms with van der Waals surface area (Å²) in [7, 11) is 1.56. The van der Waals surface area contributed by atoms with Crippen LogP contribution in [-0.4, -0.2) is 98.3 Å². The molecule has 16 nitrogen and oxygen atoms in total. The summed E-state index contributed by atoms with van der Waals surface area (Å²) in [5.74, 6) is -0.228. The largest absolute Gasteiger partial charge is 0.497 e. The Morgan fingerprint density at radius 2 is 0.872 bits per heavy atom. The molecule has 0 saturated carbocycles. The highest BCUT2D eigenvalue weighted by atomic mass is 16.7. The van der Waals surface area contributed by atoms with Gasteiger partial charge in [-0.15, -0.1) is 0 Å². The van der Waals surface area contributed by atoms with E-state index in [1.807, 2.05) is 152 Å². The maximum atomic E-state index is 14.9. The van der Waals surface area contributed by atoms with Gasteiger partial charge in [0.2, 0.25) is 6.29 Å². The Morgan fingerprint density at radius 1 is 0.474 bits per heavy atom. The lowest BCUT2D eigenvalue weighted by atomic mass is 9.93. The third kappa shape index (κ3) is 13.2. The number of nitrogens with zero attached hydrogens (tertiary/aromatic N) is 4. The predicted octanol–water partition coefficient (Wildman–Crippen LogP) is 10.4. The van der Waals surface area contributed by atoms with Gasteiger partial charge in [0.15, 0.2) is 6.29 Å². The van der Waals surface area contributed by atoms with E-state index in [4.69, 9.17) is 47.4 Å². The molecule has 400 valence electrons. The second-order valence-electron chi connectivity index (χ2n) is 19.0. The summed E-state index contributed by atoms with van der Waals surface area (Å²) in [6, 6.07) is 59.2. The van der Waals surface area contributed by atoms with Crippen LogP contribution in [-0.2, 0) is 70.9 Å². The predicted molar refractivity (Wildman–Crippen MR) is 287 cm³/mol. The number of rotatable bonds is 24. The van der Waals surface area contributed by atoms with Crippen molar-refractivity contribution in [3.05, 3.63) is 250 Å². The first-order valence-electron chi connectivity index (χ1n) is 25.9. The number of amides is 2. The van der Waals surface area contributed by atoms with Crippen molar-refractivity contribution in [3.8, 4) is 11.5 Å². The summed E-state index contributed by atoms with van der Waals surface area (Å²) in [5.41, 5.74) is 15.3. The molecule has 2 saturated heterocycles. The van der Waals surface area contributed by atoms with Crippen molar-refractivity contribution in [2.45, 2.75) is 94.3 Å². The van der Waals surface area contributed by atoms with E-state index in [0.717, 1.165) is 32.7 Å². The lowest BCUT2D eigenvalue weighted by Gasteiger charge is -2.51. The monoisotopic (exact) mass is 1050 g/mol. The number of hydrogen-bond donors (Lipinski definition) is 0. The Labute approximate surface area is 452 Å². The van der Waals surface area contributed by atoms with Gasteiger partial charge in [0.25, 0.3) is 11.8 Å². The molecule has 0 aliphatic carbocycles. The topological polar surface area (TPSA) is 178 Å². The molecular formula is C62H60N4O12. The summed E-state index contributed by atoms with van der Waals surface area (Å²) in [4.78, 5) is 34.2. The Bertz CT molecular complexity index is 3010. The van der Waals surface area contributed by atoms with Crippen molar-refractivity contribution in [2.24, 2.45) is 5.11 Å². The number of carbonyl (C=O) groups excluding carboxylic acids is 2. The molecule has 0 bridgehead atoms. The van der Waals surface area contributed by atoms with Crippen LogP contribution < -0.4 is 9.47 Å². The number of hydrogen-bond acceptors (Lipinski definition) is 13. The van der Waals surface area contributed by atoms with Gasteiger partial charge in [-0.1, -0.05) is 169 Å². The number of benzene rings is 7. The molecule has 16 heteroatoms. The number of carbonyl (C=O) groups is 2. The van der Waals surface area contributed by atoms with Gasteiger partial charge >= 0.3 is 0 Å². The Balaban J connectivity index is 1.08. The quantitative estimate of drug-likeness (QED) is 0.0242. The number of ether oxygens (including phenoxy) is 10. The van der Waals surface area contributed by atoms with Gasteiger partial charge in [0.1, 0.15) is 60.2 Å². The summed E-state index contributed by atoms with van der Waals surface area (Å²) in [6.07, 6.45) is -9.14. The third-order valence-electron chi connectivity index (χ3n) is 13.8. The highest BCUT2D eigenvalue weighted by molar-refractivity contribution is 6.21. The normalized spacial score (nSPS) is 23.8. The zero-order valence-electron chi connectivity index (χ0n) is 43.0. The molecule has 3 aliphatic rings. The van der Waals surface area contributed by atoms with Gasteiger partial charge < -0.3 is 47.4 Å². The second-order valence-corrected chi connectivity index (χ2v) is 19.0. The maximum absolute atomic E-state index is 14.9. The van der Waals surface area contributed by atoms with Crippen molar-refractivity contribution >= 4 is 11.8 Å². The van der Waals surface area contributed by atoms with Gasteiger partial charge in [0.05, 0.1) is 64.5 Å². The van der Waals surface area contributed by atoms with Gasteiger partial charge in [-0.25, -0.2) is 0 Å². The summed E-state index contributed by atoms with van der Waals surface area (Å²) in [5, 5.41) is 4.39. The maximum Gasteiger partial charge on any atom is 0.262 e. The fraction of sp³-hybridized carbons (Fsp3) is 0.290. The number of imide groups is 1. The molecule has 3 heterocycles. The Morgan fingerprint density at radius 3 is 1.33 bits per heavy atom.